The van der Waals surface area contributed by atoms with E-state index in [1.807, 2.05) is 6.07 Å². The molecule has 0 amide bonds. The minimum atomic E-state index is -0.659. The zero-order valence-corrected chi connectivity index (χ0v) is 8.71. The van der Waals surface area contributed by atoms with Crippen molar-refractivity contribution in [3.63, 3.8) is 0 Å². The first-order valence-corrected chi connectivity index (χ1v) is 4.98. The van der Waals surface area contributed by atoms with Crippen LogP contribution < -0.4 is 5.73 Å². The minimum absolute atomic E-state index is 0.0352. The first-order valence-electron chi connectivity index (χ1n) is 4.98. The molecule has 78 valence electrons. The molecule has 0 spiro atoms. The van der Waals surface area contributed by atoms with Crippen molar-refractivity contribution in [3.05, 3.63) is 23.7 Å². The molecule has 1 aliphatic rings. The van der Waals surface area contributed by atoms with E-state index in [0.717, 1.165) is 24.2 Å². The van der Waals surface area contributed by atoms with Crippen LogP contribution in [0.4, 0.5) is 0 Å². The van der Waals surface area contributed by atoms with Crippen molar-refractivity contribution >= 4 is 0 Å². The average molecular weight is 195 g/mol. The van der Waals surface area contributed by atoms with Gasteiger partial charge in [-0.2, -0.15) is 0 Å². The predicted molar refractivity (Wildman–Crippen MR) is 53.8 cm³/mol. The maximum atomic E-state index is 9.48. The Hall–Kier alpha value is -0.800. The van der Waals surface area contributed by atoms with Crippen molar-refractivity contribution in [2.24, 2.45) is 11.1 Å². The fraction of sp³-hybridized carbons (Fsp3) is 0.636. The quantitative estimate of drug-likeness (QED) is 0.712. The number of nitrogens with two attached hydrogens (primary N) is 1. The second kappa shape index (κ2) is 2.84. The topological polar surface area (TPSA) is 59.4 Å². The summed E-state index contributed by atoms with van der Waals surface area (Å²) in [6.07, 6.45) is 3.52. The molecule has 0 aromatic carbocycles. The summed E-state index contributed by atoms with van der Waals surface area (Å²) in [5.74, 6) is 0.931. The van der Waals surface area contributed by atoms with Crippen LogP contribution in [0.3, 0.4) is 0 Å². The lowest BCUT2D eigenvalue weighted by Gasteiger charge is -2.45. The van der Waals surface area contributed by atoms with Gasteiger partial charge in [0.2, 0.25) is 0 Å². The van der Waals surface area contributed by atoms with Gasteiger partial charge in [-0.1, -0.05) is 13.8 Å². The molecule has 14 heavy (non-hydrogen) atoms. The standard InChI is InChI=1S/C11H17NO2/c1-10(2)5-3-9-8(4-6-14-9)11(10,12)7-13/h4,6,13H,3,5,7,12H2,1-2H3. The van der Waals surface area contributed by atoms with Crippen molar-refractivity contribution in [1.29, 1.82) is 0 Å². The highest BCUT2D eigenvalue weighted by molar-refractivity contribution is 5.32. The molecule has 3 N–H and O–H groups in total. The Morgan fingerprint density at radius 2 is 2.29 bits per heavy atom. The van der Waals surface area contributed by atoms with Gasteiger partial charge in [0.15, 0.2) is 0 Å². The van der Waals surface area contributed by atoms with Crippen LogP contribution in [0.15, 0.2) is 16.7 Å². The van der Waals surface area contributed by atoms with Gasteiger partial charge in [0, 0.05) is 12.0 Å². The fourth-order valence-electron chi connectivity index (χ4n) is 2.24. The summed E-state index contributed by atoms with van der Waals surface area (Å²) >= 11 is 0. The Kier molecular flexibility index (Phi) is 1.98. The van der Waals surface area contributed by atoms with Gasteiger partial charge in [-0.3, -0.25) is 0 Å². The highest BCUT2D eigenvalue weighted by atomic mass is 16.3. The van der Waals surface area contributed by atoms with Gasteiger partial charge in [0.1, 0.15) is 5.76 Å². The normalized spacial score (nSPS) is 30.0. The van der Waals surface area contributed by atoms with Gasteiger partial charge in [-0.05, 0) is 17.9 Å². The molecule has 0 bridgehead atoms. The lowest BCUT2D eigenvalue weighted by Crippen LogP contribution is -2.55. The maximum absolute atomic E-state index is 9.48. The smallest absolute Gasteiger partial charge is 0.108 e. The molecule has 1 atom stereocenters. The average Bonchev–Trinajstić information content (AvgIpc) is 2.60. The summed E-state index contributed by atoms with van der Waals surface area (Å²) in [6.45, 7) is 4.16. The summed E-state index contributed by atoms with van der Waals surface area (Å²) < 4.78 is 5.36. The molecule has 0 radical (unpaired) electrons. The van der Waals surface area contributed by atoms with E-state index < -0.39 is 5.54 Å². The number of hydrogen-bond donors (Lipinski definition) is 2. The molecule has 3 nitrogen and oxygen atoms in total. The molecular weight excluding hydrogens is 178 g/mol. The minimum Gasteiger partial charge on any atom is -0.469 e. The summed E-state index contributed by atoms with van der Waals surface area (Å²) in [5, 5.41) is 9.48. The van der Waals surface area contributed by atoms with Crippen molar-refractivity contribution in [2.75, 3.05) is 6.61 Å². The Morgan fingerprint density at radius 1 is 1.57 bits per heavy atom. The highest BCUT2D eigenvalue weighted by Gasteiger charge is 2.47. The molecule has 0 fully saturated rings. The monoisotopic (exact) mass is 195 g/mol. The maximum Gasteiger partial charge on any atom is 0.108 e. The predicted octanol–water partition coefficient (Wildman–Crippen LogP) is 1.40. The van der Waals surface area contributed by atoms with E-state index in [0.29, 0.717) is 0 Å². The van der Waals surface area contributed by atoms with E-state index in [1.54, 1.807) is 6.26 Å². The summed E-state index contributed by atoms with van der Waals surface area (Å²) in [7, 11) is 0. The second-order valence-electron chi connectivity index (χ2n) is 4.77. The SMILES string of the molecule is CC1(C)CCc2occc2C1(N)CO. The highest BCUT2D eigenvalue weighted by Crippen LogP contribution is 2.46. The van der Waals surface area contributed by atoms with E-state index >= 15 is 0 Å². The molecule has 1 aromatic heterocycles. The van der Waals surface area contributed by atoms with E-state index in [9.17, 15) is 5.11 Å². The number of aliphatic hydroxyl groups excluding tert-OH is 1. The number of hydrogen-bond acceptors (Lipinski definition) is 3. The molecule has 2 rings (SSSR count). The molecule has 0 aliphatic heterocycles. The summed E-state index contributed by atoms with van der Waals surface area (Å²) in [4.78, 5) is 0. The lowest BCUT2D eigenvalue weighted by molar-refractivity contribution is 0.0595. The van der Waals surface area contributed by atoms with Gasteiger partial charge in [-0.15, -0.1) is 0 Å². The van der Waals surface area contributed by atoms with Crippen molar-refractivity contribution < 1.29 is 9.52 Å². The zero-order chi connectivity index (χ0) is 10.4. The van der Waals surface area contributed by atoms with Crippen LogP contribution in [0.25, 0.3) is 0 Å². The molecule has 3 heteroatoms. The van der Waals surface area contributed by atoms with Crippen LogP contribution in [0.2, 0.25) is 0 Å². The van der Waals surface area contributed by atoms with E-state index in [2.05, 4.69) is 13.8 Å². The van der Waals surface area contributed by atoms with Crippen molar-refractivity contribution in [1.82, 2.24) is 0 Å². The Balaban J connectivity index is 2.55. The number of aliphatic hydroxyl groups is 1. The first kappa shape index (κ1) is 9.74. The fourth-order valence-corrected chi connectivity index (χ4v) is 2.24. The third-order valence-electron chi connectivity index (χ3n) is 3.66. The number of rotatable bonds is 1. The molecular formula is C11H17NO2. The zero-order valence-electron chi connectivity index (χ0n) is 8.71. The second-order valence-corrected chi connectivity index (χ2v) is 4.77. The number of aryl methyl sites for hydroxylation is 1. The van der Waals surface area contributed by atoms with E-state index in [4.69, 9.17) is 10.2 Å². The van der Waals surface area contributed by atoms with Crippen LogP contribution in [0.5, 0.6) is 0 Å². The van der Waals surface area contributed by atoms with Gasteiger partial charge in [0.25, 0.3) is 0 Å². The van der Waals surface area contributed by atoms with Crippen LogP contribution in [0, 0.1) is 5.41 Å². The largest absolute Gasteiger partial charge is 0.469 e. The van der Waals surface area contributed by atoms with Gasteiger partial charge in [-0.25, -0.2) is 0 Å². The van der Waals surface area contributed by atoms with E-state index in [1.165, 1.54) is 0 Å². The van der Waals surface area contributed by atoms with Gasteiger partial charge in [0.05, 0.1) is 18.4 Å². The van der Waals surface area contributed by atoms with Gasteiger partial charge >= 0.3 is 0 Å². The summed E-state index contributed by atoms with van der Waals surface area (Å²) in [6, 6.07) is 1.88. The molecule has 0 saturated carbocycles. The molecule has 0 saturated heterocycles. The van der Waals surface area contributed by atoms with Crippen LogP contribution in [-0.4, -0.2) is 11.7 Å². The molecule has 1 unspecified atom stereocenters. The first-order chi connectivity index (χ1) is 6.51. The Bertz CT molecular complexity index is 343. The lowest BCUT2D eigenvalue weighted by atomic mass is 9.63. The summed E-state index contributed by atoms with van der Waals surface area (Å²) in [5.41, 5.74) is 6.51. The number of fused-ring (bicyclic) bond motifs is 1. The van der Waals surface area contributed by atoms with Crippen molar-refractivity contribution in [3.8, 4) is 0 Å². The Morgan fingerprint density at radius 3 is 2.93 bits per heavy atom. The van der Waals surface area contributed by atoms with Crippen LogP contribution in [0.1, 0.15) is 31.6 Å². The van der Waals surface area contributed by atoms with Crippen LogP contribution >= 0.6 is 0 Å². The number of furan rings is 1. The van der Waals surface area contributed by atoms with Crippen LogP contribution in [-0.2, 0) is 12.0 Å². The Labute approximate surface area is 83.9 Å². The van der Waals surface area contributed by atoms with E-state index in [-0.39, 0.29) is 12.0 Å². The third kappa shape index (κ3) is 1.06. The van der Waals surface area contributed by atoms with Gasteiger partial charge < -0.3 is 15.3 Å². The van der Waals surface area contributed by atoms with Crippen molar-refractivity contribution in [2.45, 2.75) is 32.2 Å². The molecule has 1 heterocycles. The molecule has 1 aromatic rings. The third-order valence-corrected chi connectivity index (χ3v) is 3.66. The molecule has 1 aliphatic carbocycles.